The van der Waals surface area contributed by atoms with E-state index in [1.54, 1.807) is 28.8 Å². The number of aliphatic hydroxyl groups excluding tert-OH is 2. The SMILES string of the molecule is CN1[C@H](NC=O)[C@@H](O)[C@@H](O)[C@@H]1n1cnc2c(NCc3ccccc3)nc(-c3cncc(Cl)c3)nc21. The van der Waals surface area contributed by atoms with Gasteiger partial charge in [0.05, 0.1) is 11.3 Å². The molecule has 0 aliphatic carbocycles. The molecular weight excluding hydrogens is 472 g/mol. The summed E-state index contributed by atoms with van der Waals surface area (Å²) >= 11 is 6.15. The summed E-state index contributed by atoms with van der Waals surface area (Å²) < 4.78 is 1.66. The number of carbonyl (C=O) groups excluding carboxylic acids is 1. The van der Waals surface area contributed by atoms with E-state index in [0.29, 0.717) is 46.3 Å². The third kappa shape index (κ3) is 4.30. The monoisotopic (exact) mass is 494 g/mol. The van der Waals surface area contributed by atoms with Crippen LogP contribution in [-0.2, 0) is 11.3 Å². The van der Waals surface area contributed by atoms with Gasteiger partial charge in [-0.25, -0.2) is 15.0 Å². The largest absolute Gasteiger partial charge is 0.387 e. The zero-order valence-corrected chi connectivity index (χ0v) is 19.4. The first-order valence-corrected chi connectivity index (χ1v) is 11.3. The molecule has 4 aromatic rings. The second kappa shape index (κ2) is 9.55. The maximum absolute atomic E-state index is 11.0. The molecule has 0 radical (unpaired) electrons. The summed E-state index contributed by atoms with van der Waals surface area (Å²) in [4.78, 5) is 30.7. The summed E-state index contributed by atoms with van der Waals surface area (Å²) in [5.74, 6) is 0.855. The molecule has 4 heterocycles. The van der Waals surface area contributed by atoms with Crippen molar-refractivity contribution in [2.75, 3.05) is 12.4 Å². The molecule has 180 valence electrons. The predicted octanol–water partition coefficient (Wildman–Crippen LogP) is 1.39. The molecule has 12 heteroatoms. The van der Waals surface area contributed by atoms with Gasteiger partial charge in [-0.05, 0) is 18.7 Å². The fraction of sp³-hybridized carbons (Fsp3) is 0.261. The van der Waals surface area contributed by atoms with Crippen LogP contribution in [-0.4, -0.2) is 71.4 Å². The Morgan fingerprint density at radius 1 is 1.14 bits per heavy atom. The Labute approximate surface area is 205 Å². The number of halogens is 1. The van der Waals surface area contributed by atoms with Crippen molar-refractivity contribution in [2.45, 2.75) is 31.1 Å². The molecule has 1 aromatic carbocycles. The lowest BCUT2D eigenvalue weighted by atomic mass is 10.2. The number of nitrogens with one attached hydrogen (secondary N) is 2. The minimum Gasteiger partial charge on any atom is -0.387 e. The number of imidazole rings is 1. The molecule has 5 rings (SSSR count). The van der Waals surface area contributed by atoms with E-state index in [-0.39, 0.29) is 0 Å². The fourth-order valence-electron chi connectivity index (χ4n) is 4.33. The van der Waals surface area contributed by atoms with Gasteiger partial charge in [0.25, 0.3) is 0 Å². The van der Waals surface area contributed by atoms with Crippen molar-refractivity contribution in [1.82, 2.24) is 34.7 Å². The van der Waals surface area contributed by atoms with Crippen LogP contribution in [0.4, 0.5) is 5.82 Å². The number of pyridine rings is 1. The van der Waals surface area contributed by atoms with Crippen LogP contribution < -0.4 is 10.6 Å². The van der Waals surface area contributed by atoms with Gasteiger partial charge in [-0.15, -0.1) is 0 Å². The molecule has 1 aliphatic rings. The van der Waals surface area contributed by atoms with Gasteiger partial charge in [0, 0.05) is 24.5 Å². The topological polar surface area (TPSA) is 141 Å². The van der Waals surface area contributed by atoms with E-state index in [0.717, 1.165) is 5.56 Å². The number of likely N-dealkylation sites (tertiary alicyclic amines) is 1. The van der Waals surface area contributed by atoms with E-state index in [1.165, 1.54) is 12.5 Å². The highest BCUT2D eigenvalue weighted by Gasteiger charge is 2.47. The van der Waals surface area contributed by atoms with Gasteiger partial charge in [-0.3, -0.25) is 19.2 Å². The number of anilines is 1. The molecule has 1 fully saturated rings. The van der Waals surface area contributed by atoms with Crippen LogP contribution in [0.3, 0.4) is 0 Å². The Bertz CT molecular complexity index is 1350. The minimum atomic E-state index is -1.21. The van der Waals surface area contributed by atoms with Gasteiger partial charge >= 0.3 is 0 Å². The van der Waals surface area contributed by atoms with Crippen molar-refractivity contribution >= 4 is 35.0 Å². The number of likely N-dealkylation sites (N-methyl/N-ethyl adjacent to an activating group) is 1. The average Bonchev–Trinajstić information content (AvgIpc) is 3.37. The number of aromatic nitrogens is 5. The molecule has 11 nitrogen and oxygen atoms in total. The summed E-state index contributed by atoms with van der Waals surface area (Å²) in [5, 5.41) is 27.6. The van der Waals surface area contributed by atoms with Crippen LogP contribution in [0.5, 0.6) is 0 Å². The van der Waals surface area contributed by atoms with E-state index in [2.05, 4.69) is 25.6 Å². The number of hydrogen-bond donors (Lipinski definition) is 4. The van der Waals surface area contributed by atoms with Crippen molar-refractivity contribution in [2.24, 2.45) is 0 Å². The molecular formula is C23H23ClN8O3. The summed E-state index contributed by atoms with van der Waals surface area (Å²) in [6.07, 6.45) is 1.22. The molecule has 1 aliphatic heterocycles. The molecule has 0 saturated carbocycles. The van der Waals surface area contributed by atoms with E-state index in [4.69, 9.17) is 16.6 Å². The number of rotatable bonds is 7. The first kappa shape index (κ1) is 23.1. The van der Waals surface area contributed by atoms with E-state index in [1.807, 2.05) is 30.3 Å². The number of fused-ring (bicyclic) bond motifs is 1. The number of benzene rings is 1. The molecule has 4 N–H and O–H groups in total. The zero-order chi connectivity index (χ0) is 24.5. The molecule has 35 heavy (non-hydrogen) atoms. The third-order valence-electron chi connectivity index (χ3n) is 6.05. The van der Waals surface area contributed by atoms with Crippen LogP contribution >= 0.6 is 11.6 Å². The second-order valence-electron chi connectivity index (χ2n) is 8.24. The van der Waals surface area contributed by atoms with Crippen LogP contribution in [0.25, 0.3) is 22.6 Å². The van der Waals surface area contributed by atoms with Crippen molar-refractivity contribution < 1.29 is 15.0 Å². The molecule has 0 bridgehead atoms. The van der Waals surface area contributed by atoms with Gasteiger partial charge < -0.3 is 20.8 Å². The van der Waals surface area contributed by atoms with Gasteiger partial charge in [-0.2, -0.15) is 0 Å². The van der Waals surface area contributed by atoms with Crippen LogP contribution in [0.1, 0.15) is 11.7 Å². The van der Waals surface area contributed by atoms with Crippen LogP contribution in [0.15, 0.2) is 55.1 Å². The Balaban J connectivity index is 1.61. The van der Waals surface area contributed by atoms with Crippen molar-refractivity contribution in [3.8, 4) is 11.4 Å². The van der Waals surface area contributed by atoms with Crippen LogP contribution in [0.2, 0.25) is 5.02 Å². The highest BCUT2D eigenvalue weighted by Crippen LogP contribution is 2.34. The Kier molecular flexibility index (Phi) is 6.31. The Morgan fingerprint density at radius 3 is 2.69 bits per heavy atom. The van der Waals surface area contributed by atoms with E-state index in [9.17, 15) is 15.0 Å². The Hall–Kier alpha value is -3.64. The molecule has 3 aromatic heterocycles. The highest BCUT2D eigenvalue weighted by atomic mass is 35.5. The zero-order valence-electron chi connectivity index (χ0n) is 18.7. The van der Waals surface area contributed by atoms with Crippen molar-refractivity contribution in [1.29, 1.82) is 0 Å². The lowest BCUT2D eigenvalue weighted by Gasteiger charge is -2.26. The lowest BCUT2D eigenvalue weighted by Crippen LogP contribution is -2.45. The van der Waals surface area contributed by atoms with Gasteiger partial charge in [0.2, 0.25) is 6.41 Å². The van der Waals surface area contributed by atoms with Gasteiger partial charge in [0.1, 0.15) is 24.5 Å². The summed E-state index contributed by atoms with van der Waals surface area (Å²) in [7, 11) is 1.69. The standard InChI is InChI=1S/C23H23ClN8O3/c1-31-22(28-12-33)17(34)18(35)23(31)32-11-27-16-20(26-8-13-5-3-2-4-6-13)29-19(30-21(16)32)14-7-15(24)10-25-9-14/h2-7,9-12,17-18,22-23,34-35H,8H2,1H3,(H,28,33)(H,26,29,30)/t17-,18+,22-,23-/m0/s1. The maximum Gasteiger partial charge on any atom is 0.208 e. The first-order chi connectivity index (χ1) is 17.0. The quantitative estimate of drug-likeness (QED) is 0.280. The smallest absolute Gasteiger partial charge is 0.208 e. The van der Waals surface area contributed by atoms with E-state index < -0.39 is 24.5 Å². The van der Waals surface area contributed by atoms with E-state index >= 15 is 0 Å². The predicted molar refractivity (Wildman–Crippen MR) is 129 cm³/mol. The number of aliphatic hydroxyl groups is 2. The van der Waals surface area contributed by atoms with Crippen LogP contribution in [0, 0.1) is 0 Å². The highest BCUT2D eigenvalue weighted by molar-refractivity contribution is 6.30. The lowest BCUT2D eigenvalue weighted by molar-refractivity contribution is -0.112. The summed E-state index contributed by atoms with van der Waals surface area (Å²) in [5.41, 5.74) is 2.58. The third-order valence-corrected chi connectivity index (χ3v) is 6.25. The number of hydrogen-bond acceptors (Lipinski definition) is 9. The molecule has 1 amide bonds. The van der Waals surface area contributed by atoms with Crippen molar-refractivity contribution in [3.05, 3.63) is 65.7 Å². The molecule has 1 saturated heterocycles. The number of nitrogens with zero attached hydrogens (tertiary/aromatic N) is 6. The fourth-order valence-corrected chi connectivity index (χ4v) is 4.51. The van der Waals surface area contributed by atoms with Crippen molar-refractivity contribution in [3.63, 3.8) is 0 Å². The minimum absolute atomic E-state index is 0.364. The van der Waals surface area contributed by atoms with Gasteiger partial charge in [-0.1, -0.05) is 41.9 Å². The maximum atomic E-state index is 11.0. The number of amides is 1. The number of carbonyl (C=O) groups is 1. The molecule has 0 spiro atoms. The average molecular weight is 495 g/mol. The molecule has 4 atom stereocenters. The summed E-state index contributed by atoms with van der Waals surface area (Å²) in [6.45, 7) is 0.503. The summed E-state index contributed by atoms with van der Waals surface area (Å²) in [6, 6.07) is 11.6. The molecule has 0 unspecified atom stereocenters. The second-order valence-corrected chi connectivity index (χ2v) is 8.68. The Morgan fingerprint density at radius 2 is 1.94 bits per heavy atom. The first-order valence-electron chi connectivity index (χ1n) is 10.9. The van der Waals surface area contributed by atoms with Gasteiger partial charge in [0.15, 0.2) is 22.8 Å². The normalized spacial score (nSPS) is 22.4.